The molecule has 0 spiro atoms. The van der Waals surface area contributed by atoms with Crippen molar-refractivity contribution in [3.8, 4) is 0 Å². The van der Waals surface area contributed by atoms with Crippen molar-refractivity contribution in [2.24, 2.45) is 0 Å². The highest BCUT2D eigenvalue weighted by molar-refractivity contribution is 6.03. The lowest BCUT2D eigenvalue weighted by atomic mass is 10.1. The predicted molar refractivity (Wildman–Crippen MR) is 100 cm³/mol. The monoisotopic (exact) mass is 368 g/mol. The molecule has 3 aromatic rings. The molecule has 7 heteroatoms. The number of benzene rings is 2. The van der Waals surface area contributed by atoms with E-state index in [4.69, 9.17) is 0 Å². The van der Waals surface area contributed by atoms with Crippen molar-refractivity contribution in [2.75, 3.05) is 10.6 Å². The standard InChI is InChI=1S/C20H18F2N4O/c1-11-5-4-6-16(13(11)3)25-20-23-12(2)9-18(26-20)19(27)24-17-8-7-14(21)10-15(17)22/h4-10H,1-3H3,(H,24,27)(H,23,25,26). The molecule has 1 heterocycles. The van der Waals surface area contributed by atoms with Gasteiger partial charge in [-0.1, -0.05) is 12.1 Å². The molecule has 2 N–H and O–H groups in total. The fraction of sp³-hybridized carbons (Fsp3) is 0.150. The number of halogens is 2. The fourth-order valence-corrected chi connectivity index (χ4v) is 2.52. The van der Waals surface area contributed by atoms with Crippen molar-refractivity contribution < 1.29 is 13.6 Å². The van der Waals surface area contributed by atoms with Crippen molar-refractivity contribution in [2.45, 2.75) is 20.8 Å². The zero-order valence-electron chi connectivity index (χ0n) is 15.1. The molecule has 1 amide bonds. The topological polar surface area (TPSA) is 66.9 Å². The smallest absolute Gasteiger partial charge is 0.274 e. The Labute approximate surface area is 155 Å². The summed E-state index contributed by atoms with van der Waals surface area (Å²) in [7, 11) is 0. The van der Waals surface area contributed by atoms with Gasteiger partial charge in [0, 0.05) is 17.4 Å². The number of nitrogens with zero attached hydrogens (tertiary/aromatic N) is 2. The molecule has 27 heavy (non-hydrogen) atoms. The molecular weight excluding hydrogens is 350 g/mol. The van der Waals surface area contributed by atoms with Gasteiger partial charge in [-0.15, -0.1) is 0 Å². The molecule has 0 fully saturated rings. The molecule has 0 saturated heterocycles. The molecular formula is C20H18F2N4O. The van der Waals surface area contributed by atoms with E-state index in [1.54, 1.807) is 6.92 Å². The number of hydrogen-bond acceptors (Lipinski definition) is 4. The summed E-state index contributed by atoms with van der Waals surface area (Å²) in [5, 5.41) is 5.50. The van der Waals surface area contributed by atoms with Crippen LogP contribution in [0.1, 0.15) is 27.3 Å². The molecule has 2 aromatic carbocycles. The minimum absolute atomic E-state index is 0.0685. The minimum atomic E-state index is -0.858. The van der Waals surface area contributed by atoms with Crippen LogP contribution in [-0.2, 0) is 0 Å². The molecule has 0 aliphatic rings. The molecule has 1 aromatic heterocycles. The summed E-state index contributed by atoms with van der Waals surface area (Å²) < 4.78 is 26.8. The van der Waals surface area contributed by atoms with E-state index in [1.807, 2.05) is 32.0 Å². The summed E-state index contributed by atoms with van der Waals surface area (Å²) >= 11 is 0. The van der Waals surface area contributed by atoms with E-state index in [9.17, 15) is 13.6 Å². The number of aryl methyl sites for hydroxylation is 2. The lowest BCUT2D eigenvalue weighted by Gasteiger charge is -2.12. The summed E-state index contributed by atoms with van der Waals surface area (Å²) in [6, 6.07) is 10.2. The molecule has 138 valence electrons. The molecule has 0 bridgehead atoms. The molecule has 0 saturated carbocycles. The Morgan fingerprint density at radius 1 is 0.963 bits per heavy atom. The molecule has 5 nitrogen and oxygen atoms in total. The summed E-state index contributed by atoms with van der Waals surface area (Å²) in [6.45, 7) is 5.69. The maximum atomic E-state index is 13.8. The van der Waals surface area contributed by atoms with Gasteiger partial charge in [0.1, 0.15) is 17.3 Å². The first-order chi connectivity index (χ1) is 12.8. The van der Waals surface area contributed by atoms with E-state index < -0.39 is 17.5 Å². The van der Waals surface area contributed by atoms with Crippen LogP contribution in [0, 0.1) is 32.4 Å². The van der Waals surface area contributed by atoms with Gasteiger partial charge >= 0.3 is 0 Å². The number of nitrogens with one attached hydrogen (secondary N) is 2. The molecule has 0 atom stereocenters. The van der Waals surface area contributed by atoms with Gasteiger partial charge in [-0.3, -0.25) is 4.79 Å². The Balaban J connectivity index is 1.86. The third kappa shape index (κ3) is 4.25. The fourth-order valence-electron chi connectivity index (χ4n) is 2.52. The molecule has 0 aliphatic carbocycles. The number of aromatic nitrogens is 2. The van der Waals surface area contributed by atoms with Gasteiger partial charge in [0.25, 0.3) is 5.91 Å². The van der Waals surface area contributed by atoms with E-state index in [-0.39, 0.29) is 17.3 Å². The number of anilines is 3. The van der Waals surface area contributed by atoms with Crippen molar-refractivity contribution in [1.29, 1.82) is 0 Å². The van der Waals surface area contributed by atoms with E-state index in [0.717, 1.165) is 28.9 Å². The Morgan fingerprint density at radius 2 is 1.74 bits per heavy atom. The Morgan fingerprint density at radius 3 is 2.48 bits per heavy atom. The first-order valence-electron chi connectivity index (χ1n) is 8.29. The lowest BCUT2D eigenvalue weighted by Crippen LogP contribution is -2.16. The minimum Gasteiger partial charge on any atom is -0.324 e. The lowest BCUT2D eigenvalue weighted by molar-refractivity contribution is 0.102. The van der Waals surface area contributed by atoms with Gasteiger partial charge in [-0.25, -0.2) is 18.7 Å². The third-order valence-electron chi connectivity index (χ3n) is 4.12. The van der Waals surface area contributed by atoms with Crippen molar-refractivity contribution in [3.63, 3.8) is 0 Å². The van der Waals surface area contributed by atoms with Gasteiger partial charge in [0.2, 0.25) is 5.95 Å². The van der Waals surface area contributed by atoms with E-state index in [2.05, 4.69) is 20.6 Å². The highest BCUT2D eigenvalue weighted by Gasteiger charge is 2.14. The van der Waals surface area contributed by atoms with Crippen LogP contribution in [0.2, 0.25) is 0 Å². The van der Waals surface area contributed by atoms with Gasteiger partial charge in [-0.2, -0.15) is 0 Å². The molecule has 0 radical (unpaired) electrons. The van der Waals surface area contributed by atoms with Crippen LogP contribution in [0.3, 0.4) is 0 Å². The first kappa shape index (κ1) is 18.4. The maximum absolute atomic E-state index is 13.8. The average Bonchev–Trinajstić information content (AvgIpc) is 2.61. The highest BCUT2D eigenvalue weighted by Crippen LogP contribution is 2.22. The second kappa shape index (κ2) is 7.49. The zero-order chi connectivity index (χ0) is 19.6. The van der Waals surface area contributed by atoms with Crippen molar-refractivity contribution in [3.05, 3.63) is 76.6 Å². The second-order valence-electron chi connectivity index (χ2n) is 6.17. The SMILES string of the molecule is Cc1cc(C(=O)Nc2ccc(F)cc2F)nc(Nc2cccc(C)c2C)n1. The average molecular weight is 368 g/mol. The van der Waals surface area contributed by atoms with E-state index >= 15 is 0 Å². The second-order valence-corrected chi connectivity index (χ2v) is 6.17. The molecule has 0 aliphatic heterocycles. The molecule has 0 unspecified atom stereocenters. The Hall–Kier alpha value is -3.35. The Bertz CT molecular complexity index is 1020. The van der Waals surface area contributed by atoms with Gasteiger partial charge in [-0.05, 0) is 56.2 Å². The zero-order valence-corrected chi connectivity index (χ0v) is 15.1. The summed E-state index contributed by atoms with van der Waals surface area (Å²) in [5.41, 5.74) is 3.50. The van der Waals surface area contributed by atoms with E-state index in [0.29, 0.717) is 11.8 Å². The van der Waals surface area contributed by atoms with Crippen LogP contribution in [0.5, 0.6) is 0 Å². The number of hydrogen-bond donors (Lipinski definition) is 2. The van der Waals surface area contributed by atoms with Gasteiger partial charge in [0.15, 0.2) is 0 Å². The van der Waals surface area contributed by atoms with E-state index in [1.165, 1.54) is 6.07 Å². The summed E-state index contributed by atoms with van der Waals surface area (Å²) in [5.74, 6) is -1.94. The quantitative estimate of drug-likeness (QED) is 0.702. The van der Waals surface area contributed by atoms with Crippen LogP contribution < -0.4 is 10.6 Å². The molecule has 3 rings (SSSR count). The summed E-state index contributed by atoms with van der Waals surface area (Å²) in [6.07, 6.45) is 0. The third-order valence-corrected chi connectivity index (χ3v) is 4.12. The van der Waals surface area contributed by atoms with Crippen molar-refractivity contribution in [1.82, 2.24) is 9.97 Å². The highest BCUT2D eigenvalue weighted by atomic mass is 19.1. The number of rotatable bonds is 4. The van der Waals surface area contributed by atoms with Gasteiger partial charge < -0.3 is 10.6 Å². The van der Waals surface area contributed by atoms with Crippen LogP contribution >= 0.6 is 0 Å². The normalized spacial score (nSPS) is 10.6. The first-order valence-corrected chi connectivity index (χ1v) is 8.29. The predicted octanol–water partition coefficient (Wildman–Crippen LogP) is 4.68. The van der Waals surface area contributed by atoms with Crippen LogP contribution in [0.25, 0.3) is 0 Å². The number of amides is 1. The largest absolute Gasteiger partial charge is 0.324 e. The number of carbonyl (C=O) groups excluding carboxylic acids is 1. The van der Waals surface area contributed by atoms with Gasteiger partial charge in [0.05, 0.1) is 5.69 Å². The van der Waals surface area contributed by atoms with Crippen LogP contribution in [0.15, 0.2) is 42.5 Å². The summed E-state index contributed by atoms with van der Waals surface area (Å²) in [4.78, 5) is 20.9. The Kier molecular flexibility index (Phi) is 5.12. The number of carbonyl (C=O) groups is 1. The maximum Gasteiger partial charge on any atom is 0.274 e. The van der Waals surface area contributed by atoms with Crippen LogP contribution in [-0.4, -0.2) is 15.9 Å². The van der Waals surface area contributed by atoms with Crippen molar-refractivity contribution >= 4 is 23.2 Å². The van der Waals surface area contributed by atoms with Crippen LogP contribution in [0.4, 0.5) is 26.1 Å².